The average molecular weight is 146 g/mol. The van der Waals surface area contributed by atoms with Gasteiger partial charge in [-0.05, 0) is 30.1 Å². The lowest BCUT2D eigenvalue weighted by Crippen LogP contribution is -2.06. The van der Waals surface area contributed by atoms with Crippen LogP contribution >= 0.6 is 0 Å². The fourth-order valence-corrected chi connectivity index (χ4v) is 3.22. The van der Waals surface area contributed by atoms with Gasteiger partial charge in [0.25, 0.3) is 0 Å². The smallest absolute Gasteiger partial charge is 0.00152 e. The molecule has 3 rings (SSSR count). The first kappa shape index (κ1) is 6.05. The molecular formula is C11H14. The minimum absolute atomic E-state index is 0.674. The normalized spacial score (nSPS) is 51.6. The summed E-state index contributed by atoms with van der Waals surface area (Å²) in [7, 11) is 0. The van der Waals surface area contributed by atoms with Crippen LogP contribution in [-0.4, -0.2) is 0 Å². The number of hydrogen-bond acceptors (Lipinski definition) is 0. The summed E-state index contributed by atoms with van der Waals surface area (Å²) in [6, 6.07) is 0. The van der Waals surface area contributed by atoms with Crippen molar-refractivity contribution >= 4 is 0 Å². The molecular weight excluding hydrogens is 132 g/mol. The second-order valence-corrected chi connectivity index (χ2v) is 4.23. The maximum atomic E-state index is 2.47. The number of allylic oxidation sites excluding steroid dienone is 4. The molecule has 0 aromatic heterocycles. The van der Waals surface area contributed by atoms with Crippen LogP contribution < -0.4 is 0 Å². The molecule has 0 aromatic rings. The van der Waals surface area contributed by atoms with Crippen molar-refractivity contribution in [3.63, 3.8) is 0 Å². The molecule has 0 radical (unpaired) electrons. The van der Waals surface area contributed by atoms with E-state index in [1.54, 1.807) is 0 Å². The summed E-state index contributed by atoms with van der Waals surface area (Å²) < 4.78 is 0. The van der Waals surface area contributed by atoms with E-state index in [1.165, 1.54) is 25.7 Å². The Morgan fingerprint density at radius 1 is 1.18 bits per heavy atom. The fraction of sp³-hybridized carbons (Fsp3) is 0.636. The van der Waals surface area contributed by atoms with Gasteiger partial charge in [-0.25, -0.2) is 0 Å². The van der Waals surface area contributed by atoms with Gasteiger partial charge < -0.3 is 0 Å². The van der Waals surface area contributed by atoms with Gasteiger partial charge in [-0.1, -0.05) is 37.1 Å². The topological polar surface area (TPSA) is 0 Å². The van der Waals surface area contributed by atoms with Crippen molar-refractivity contribution in [3.8, 4) is 0 Å². The van der Waals surface area contributed by atoms with E-state index < -0.39 is 0 Å². The molecule has 3 aliphatic carbocycles. The first-order valence-corrected chi connectivity index (χ1v) is 4.79. The molecule has 3 atom stereocenters. The summed E-state index contributed by atoms with van der Waals surface area (Å²) in [6.45, 7) is 0. The second-order valence-electron chi connectivity index (χ2n) is 4.23. The van der Waals surface area contributed by atoms with Crippen molar-refractivity contribution in [1.29, 1.82) is 0 Å². The van der Waals surface area contributed by atoms with E-state index in [-0.39, 0.29) is 0 Å². The van der Waals surface area contributed by atoms with Crippen LogP contribution in [0.1, 0.15) is 25.7 Å². The van der Waals surface area contributed by atoms with Gasteiger partial charge >= 0.3 is 0 Å². The molecule has 0 heterocycles. The molecule has 3 aliphatic rings. The quantitative estimate of drug-likeness (QED) is 0.493. The van der Waals surface area contributed by atoms with Crippen LogP contribution in [-0.2, 0) is 0 Å². The zero-order chi connectivity index (χ0) is 7.31. The molecule has 2 saturated carbocycles. The summed E-state index contributed by atoms with van der Waals surface area (Å²) in [4.78, 5) is 0. The Morgan fingerprint density at radius 2 is 2.18 bits per heavy atom. The summed E-state index contributed by atoms with van der Waals surface area (Å²) >= 11 is 0. The molecule has 0 heteroatoms. The summed E-state index contributed by atoms with van der Waals surface area (Å²) in [6.07, 6.45) is 15.3. The van der Waals surface area contributed by atoms with E-state index in [9.17, 15) is 0 Å². The van der Waals surface area contributed by atoms with E-state index in [4.69, 9.17) is 0 Å². The third-order valence-electron chi connectivity index (χ3n) is 3.85. The van der Waals surface area contributed by atoms with Crippen molar-refractivity contribution < 1.29 is 0 Å². The third-order valence-corrected chi connectivity index (χ3v) is 3.85. The molecule has 0 aliphatic heterocycles. The van der Waals surface area contributed by atoms with Crippen LogP contribution in [0.25, 0.3) is 0 Å². The van der Waals surface area contributed by atoms with E-state index in [0.29, 0.717) is 5.41 Å². The lowest BCUT2D eigenvalue weighted by molar-refractivity contribution is 0.401. The Bertz CT molecular complexity index is 236. The summed E-state index contributed by atoms with van der Waals surface area (Å²) in [5.41, 5.74) is 0.674. The van der Waals surface area contributed by atoms with Crippen LogP contribution in [0.5, 0.6) is 0 Å². The molecule has 0 saturated heterocycles. The zero-order valence-corrected chi connectivity index (χ0v) is 6.79. The highest BCUT2D eigenvalue weighted by Gasteiger charge is 2.61. The van der Waals surface area contributed by atoms with Gasteiger partial charge in [0.1, 0.15) is 0 Å². The predicted octanol–water partition coefficient (Wildman–Crippen LogP) is 2.92. The molecule has 2 fully saturated rings. The fourth-order valence-electron chi connectivity index (χ4n) is 3.22. The van der Waals surface area contributed by atoms with Gasteiger partial charge in [-0.2, -0.15) is 0 Å². The Morgan fingerprint density at radius 3 is 3.18 bits per heavy atom. The minimum atomic E-state index is 0.674. The van der Waals surface area contributed by atoms with Gasteiger partial charge in [-0.15, -0.1) is 0 Å². The minimum Gasteiger partial charge on any atom is -0.0802 e. The first-order valence-electron chi connectivity index (χ1n) is 4.79. The summed E-state index contributed by atoms with van der Waals surface area (Å²) in [5, 5.41) is 0. The van der Waals surface area contributed by atoms with E-state index in [0.717, 1.165) is 11.8 Å². The Labute approximate surface area is 68.0 Å². The Hall–Kier alpha value is -0.520. The maximum absolute atomic E-state index is 2.47. The molecule has 11 heavy (non-hydrogen) atoms. The Kier molecular flexibility index (Phi) is 0.988. The summed E-state index contributed by atoms with van der Waals surface area (Å²) in [5.74, 6) is 1.97. The van der Waals surface area contributed by atoms with Crippen molar-refractivity contribution in [2.45, 2.75) is 25.7 Å². The van der Waals surface area contributed by atoms with Crippen molar-refractivity contribution in [2.24, 2.45) is 17.3 Å². The van der Waals surface area contributed by atoms with Gasteiger partial charge in [-0.3, -0.25) is 0 Å². The molecule has 58 valence electrons. The number of rotatable bonds is 0. The average Bonchev–Trinajstić information content (AvgIpc) is 2.73. The highest BCUT2D eigenvalue weighted by atomic mass is 14.6. The molecule has 3 unspecified atom stereocenters. The third kappa shape index (κ3) is 0.610. The number of hydrogen-bond donors (Lipinski definition) is 0. The predicted molar refractivity (Wildman–Crippen MR) is 46.2 cm³/mol. The van der Waals surface area contributed by atoms with Gasteiger partial charge in [0.2, 0.25) is 0 Å². The Balaban J connectivity index is 1.97. The van der Waals surface area contributed by atoms with E-state index >= 15 is 0 Å². The largest absolute Gasteiger partial charge is 0.0802 e. The second kappa shape index (κ2) is 1.80. The van der Waals surface area contributed by atoms with Crippen molar-refractivity contribution in [1.82, 2.24) is 0 Å². The molecule has 0 nitrogen and oxygen atoms in total. The van der Waals surface area contributed by atoms with E-state index in [1.807, 2.05) is 0 Å². The zero-order valence-electron chi connectivity index (χ0n) is 6.79. The molecule has 0 bridgehead atoms. The molecule has 0 amide bonds. The van der Waals surface area contributed by atoms with Crippen molar-refractivity contribution in [2.75, 3.05) is 0 Å². The maximum Gasteiger partial charge on any atom is -0.00152 e. The van der Waals surface area contributed by atoms with Gasteiger partial charge in [0, 0.05) is 0 Å². The lowest BCUT2D eigenvalue weighted by atomic mass is 9.87. The van der Waals surface area contributed by atoms with Crippen LogP contribution in [0.4, 0.5) is 0 Å². The van der Waals surface area contributed by atoms with Crippen molar-refractivity contribution in [3.05, 3.63) is 24.3 Å². The van der Waals surface area contributed by atoms with Crippen LogP contribution in [0.2, 0.25) is 0 Å². The highest BCUT2D eigenvalue weighted by Crippen LogP contribution is 2.68. The lowest BCUT2D eigenvalue weighted by Gasteiger charge is -2.18. The van der Waals surface area contributed by atoms with Crippen LogP contribution in [0.15, 0.2) is 24.3 Å². The van der Waals surface area contributed by atoms with Crippen LogP contribution in [0, 0.1) is 17.3 Å². The standard InChI is InChI=1S/C11H14/c1-3-7-11-8-4-2-6-10(11)9(11)5-1/h1,3,5,7,9-10H,2,4,6,8H2. The van der Waals surface area contributed by atoms with Crippen LogP contribution in [0.3, 0.4) is 0 Å². The molecule has 1 spiro atoms. The molecule has 0 aromatic carbocycles. The highest BCUT2D eigenvalue weighted by molar-refractivity contribution is 5.33. The van der Waals surface area contributed by atoms with Gasteiger partial charge in [0.05, 0.1) is 0 Å². The van der Waals surface area contributed by atoms with Gasteiger partial charge in [0.15, 0.2) is 0 Å². The van der Waals surface area contributed by atoms with E-state index in [2.05, 4.69) is 24.3 Å². The molecule has 0 N–H and O–H groups in total. The monoisotopic (exact) mass is 146 g/mol. The SMILES string of the molecule is C1=CC2C3CCCCC23C=C1. The first-order chi connectivity index (χ1) is 5.43. The number of fused-ring (bicyclic) bond motifs is 1.